The van der Waals surface area contributed by atoms with E-state index in [0.717, 1.165) is 0 Å². The molecular weight excluding hydrogens is 172 g/mol. The molecule has 2 heteroatoms. The number of nitrogens with one attached hydrogen (secondary N) is 2. The van der Waals surface area contributed by atoms with Crippen LogP contribution in [0.25, 0.3) is 0 Å². The minimum Gasteiger partial charge on any atom is -0.330 e. The van der Waals surface area contributed by atoms with Crippen molar-refractivity contribution >= 4 is 0 Å². The fourth-order valence-electron chi connectivity index (χ4n) is 2.96. The molecule has 0 aromatic rings. The second kappa shape index (κ2) is 5.72. The highest BCUT2D eigenvalue weighted by atomic mass is 15.2. The number of hydrogen-bond acceptors (Lipinski definition) is 0. The molecule has 0 aromatic heterocycles. The molecule has 0 bridgehead atoms. The van der Waals surface area contributed by atoms with E-state index in [2.05, 4.69) is 0 Å². The van der Waals surface area contributed by atoms with Crippen molar-refractivity contribution in [3.63, 3.8) is 0 Å². The standard InChI is InChI=1S/C12H24N2/c1-3-7-13(8-4-1)11-12-14-9-5-2-6-10-14/h1-12H2/p+2. The first-order valence-corrected chi connectivity index (χ1v) is 6.62. The van der Waals surface area contributed by atoms with Crippen LogP contribution >= 0.6 is 0 Å². The largest absolute Gasteiger partial charge is 0.330 e. The van der Waals surface area contributed by atoms with Gasteiger partial charge in [0.1, 0.15) is 13.1 Å². The van der Waals surface area contributed by atoms with E-state index in [-0.39, 0.29) is 0 Å². The molecule has 0 unspecified atom stereocenters. The second-order valence-electron chi connectivity index (χ2n) is 5.12. The number of likely N-dealkylation sites (tertiary alicyclic amines) is 2. The summed E-state index contributed by atoms with van der Waals surface area (Å²) in [5.41, 5.74) is 0. The van der Waals surface area contributed by atoms with Gasteiger partial charge >= 0.3 is 0 Å². The van der Waals surface area contributed by atoms with Crippen molar-refractivity contribution in [3.8, 4) is 0 Å². The van der Waals surface area contributed by atoms with Gasteiger partial charge in [-0.1, -0.05) is 0 Å². The summed E-state index contributed by atoms with van der Waals surface area (Å²) in [6.45, 7) is 8.69. The molecule has 2 saturated heterocycles. The molecule has 2 fully saturated rings. The van der Waals surface area contributed by atoms with Crippen LogP contribution in [0.5, 0.6) is 0 Å². The van der Waals surface area contributed by atoms with Crippen LogP contribution in [0.4, 0.5) is 0 Å². The molecule has 0 aliphatic carbocycles. The molecule has 2 heterocycles. The second-order valence-corrected chi connectivity index (χ2v) is 5.12. The summed E-state index contributed by atoms with van der Waals surface area (Å²) in [7, 11) is 0. The first-order valence-electron chi connectivity index (χ1n) is 6.62. The maximum atomic E-state index is 1.88. The molecule has 0 atom stereocenters. The highest BCUT2D eigenvalue weighted by Gasteiger charge is 2.18. The Balaban J connectivity index is 1.60. The van der Waals surface area contributed by atoms with E-state index in [1.165, 1.54) is 77.8 Å². The maximum Gasteiger partial charge on any atom is 0.127 e. The molecular formula is C12H26N2+2. The predicted octanol–water partition coefficient (Wildman–Crippen LogP) is -0.876. The number of piperidine rings is 2. The van der Waals surface area contributed by atoms with Gasteiger partial charge in [-0.25, -0.2) is 0 Å². The van der Waals surface area contributed by atoms with Crippen molar-refractivity contribution in [3.05, 3.63) is 0 Å². The Morgan fingerprint density at radius 1 is 0.500 bits per heavy atom. The summed E-state index contributed by atoms with van der Waals surface area (Å²) < 4.78 is 0. The summed E-state index contributed by atoms with van der Waals surface area (Å²) >= 11 is 0. The monoisotopic (exact) mass is 198 g/mol. The van der Waals surface area contributed by atoms with E-state index in [4.69, 9.17) is 0 Å². The summed E-state index contributed by atoms with van der Waals surface area (Å²) in [6, 6.07) is 0. The zero-order valence-corrected chi connectivity index (χ0v) is 9.49. The average Bonchev–Trinajstić information content (AvgIpc) is 2.29. The Labute approximate surface area is 88.3 Å². The molecule has 0 spiro atoms. The Morgan fingerprint density at radius 2 is 0.857 bits per heavy atom. The molecule has 2 N–H and O–H groups in total. The SMILES string of the molecule is C1CC[NH+](CC[NH+]2CCCCC2)CC1. The van der Waals surface area contributed by atoms with Crippen molar-refractivity contribution in [2.75, 3.05) is 39.3 Å². The zero-order chi connectivity index (χ0) is 9.64. The molecule has 0 amide bonds. The predicted molar refractivity (Wildman–Crippen MR) is 58.8 cm³/mol. The zero-order valence-electron chi connectivity index (χ0n) is 9.49. The van der Waals surface area contributed by atoms with Gasteiger partial charge in [-0.2, -0.15) is 0 Å². The van der Waals surface area contributed by atoms with Crippen molar-refractivity contribution in [1.29, 1.82) is 0 Å². The third kappa shape index (κ3) is 3.25. The van der Waals surface area contributed by atoms with Crippen LogP contribution in [-0.4, -0.2) is 39.3 Å². The van der Waals surface area contributed by atoms with Gasteiger partial charge < -0.3 is 9.80 Å². The van der Waals surface area contributed by atoms with Gasteiger partial charge in [0.15, 0.2) is 0 Å². The van der Waals surface area contributed by atoms with Crippen molar-refractivity contribution in [2.24, 2.45) is 0 Å². The lowest BCUT2D eigenvalue weighted by molar-refractivity contribution is -0.961. The molecule has 2 aliphatic heterocycles. The lowest BCUT2D eigenvalue weighted by Crippen LogP contribution is -3.21. The van der Waals surface area contributed by atoms with Crippen LogP contribution in [0.1, 0.15) is 38.5 Å². The van der Waals surface area contributed by atoms with Crippen LogP contribution in [0.3, 0.4) is 0 Å². The summed E-state index contributed by atoms with van der Waals surface area (Å²) in [5.74, 6) is 0. The summed E-state index contributed by atoms with van der Waals surface area (Å²) in [5, 5.41) is 0. The number of hydrogen-bond donors (Lipinski definition) is 2. The van der Waals surface area contributed by atoms with Crippen LogP contribution < -0.4 is 9.80 Å². The number of quaternary nitrogens is 2. The molecule has 0 radical (unpaired) electrons. The van der Waals surface area contributed by atoms with Crippen molar-refractivity contribution in [2.45, 2.75) is 38.5 Å². The molecule has 0 aromatic carbocycles. The molecule has 2 rings (SSSR count). The Morgan fingerprint density at radius 3 is 1.21 bits per heavy atom. The molecule has 0 saturated carbocycles. The fourth-order valence-corrected chi connectivity index (χ4v) is 2.96. The van der Waals surface area contributed by atoms with E-state index < -0.39 is 0 Å². The molecule has 2 nitrogen and oxygen atoms in total. The van der Waals surface area contributed by atoms with E-state index in [0.29, 0.717) is 0 Å². The summed E-state index contributed by atoms with van der Waals surface area (Å²) in [4.78, 5) is 3.77. The highest BCUT2D eigenvalue weighted by molar-refractivity contribution is 4.48. The fraction of sp³-hybridized carbons (Fsp3) is 1.00. The van der Waals surface area contributed by atoms with Gasteiger partial charge in [-0.05, 0) is 38.5 Å². The first kappa shape index (κ1) is 10.4. The topological polar surface area (TPSA) is 8.88 Å². The molecule has 14 heavy (non-hydrogen) atoms. The quantitative estimate of drug-likeness (QED) is 0.583. The Kier molecular flexibility index (Phi) is 4.26. The van der Waals surface area contributed by atoms with E-state index in [1.54, 1.807) is 0 Å². The number of rotatable bonds is 3. The van der Waals surface area contributed by atoms with Crippen molar-refractivity contribution in [1.82, 2.24) is 0 Å². The van der Waals surface area contributed by atoms with Gasteiger partial charge in [0.05, 0.1) is 26.2 Å². The third-order valence-corrected chi connectivity index (χ3v) is 3.95. The van der Waals surface area contributed by atoms with Crippen LogP contribution in [0.2, 0.25) is 0 Å². The van der Waals surface area contributed by atoms with Gasteiger partial charge in [0.2, 0.25) is 0 Å². The lowest BCUT2D eigenvalue weighted by atomic mass is 10.1. The lowest BCUT2D eigenvalue weighted by Gasteiger charge is -2.27. The Hall–Kier alpha value is -0.0800. The highest BCUT2D eigenvalue weighted by Crippen LogP contribution is 1.95. The molecule has 82 valence electrons. The van der Waals surface area contributed by atoms with Gasteiger partial charge in [-0.15, -0.1) is 0 Å². The van der Waals surface area contributed by atoms with Crippen LogP contribution in [0, 0.1) is 0 Å². The minimum atomic E-state index is 1.44. The first-order chi connectivity index (χ1) is 6.95. The van der Waals surface area contributed by atoms with Gasteiger partial charge in [-0.3, -0.25) is 0 Å². The van der Waals surface area contributed by atoms with Crippen LogP contribution in [-0.2, 0) is 0 Å². The van der Waals surface area contributed by atoms with Crippen LogP contribution in [0.15, 0.2) is 0 Å². The molecule has 2 aliphatic rings. The van der Waals surface area contributed by atoms with E-state index >= 15 is 0 Å². The average molecular weight is 198 g/mol. The maximum absolute atomic E-state index is 1.88. The smallest absolute Gasteiger partial charge is 0.127 e. The Bertz CT molecular complexity index is 128. The van der Waals surface area contributed by atoms with Gasteiger partial charge in [0, 0.05) is 0 Å². The van der Waals surface area contributed by atoms with Crippen molar-refractivity contribution < 1.29 is 9.80 Å². The normalized spacial score (nSPS) is 26.6. The summed E-state index contributed by atoms with van der Waals surface area (Å²) in [6.07, 6.45) is 8.88. The van der Waals surface area contributed by atoms with E-state index in [9.17, 15) is 0 Å². The van der Waals surface area contributed by atoms with Gasteiger partial charge in [0.25, 0.3) is 0 Å². The third-order valence-electron chi connectivity index (χ3n) is 3.95. The minimum absolute atomic E-state index is 1.44. The van der Waals surface area contributed by atoms with E-state index in [1.807, 2.05) is 9.80 Å².